The molecule has 7 heteroatoms. The van der Waals surface area contributed by atoms with Crippen LogP contribution in [-0.4, -0.2) is 28.3 Å². The molecule has 0 aliphatic heterocycles. The van der Waals surface area contributed by atoms with Crippen molar-refractivity contribution < 1.29 is 14.0 Å². The summed E-state index contributed by atoms with van der Waals surface area (Å²) in [6.45, 7) is 4.26. The van der Waals surface area contributed by atoms with Gasteiger partial charge in [-0.15, -0.1) is 0 Å². The van der Waals surface area contributed by atoms with Crippen LogP contribution in [0.15, 0.2) is 54.7 Å². The summed E-state index contributed by atoms with van der Waals surface area (Å²) in [4.78, 5) is 31.4. The first-order chi connectivity index (χ1) is 15.3. The smallest absolute Gasteiger partial charge is 0.252 e. The first-order valence-corrected chi connectivity index (χ1v) is 10.3. The van der Waals surface area contributed by atoms with Crippen LogP contribution in [0.5, 0.6) is 0 Å². The number of pyridine rings is 1. The highest BCUT2D eigenvalue weighted by atomic mass is 19.1. The number of amides is 2. The molecule has 0 spiro atoms. The molecule has 0 unspecified atom stereocenters. The first-order valence-electron chi connectivity index (χ1n) is 10.3. The number of nitrogens with two attached hydrogens (primary N) is 1. The Kier molecular flexibility index (Phi) is 5.73. The molecular weight excluding hydrogens is 407 g/mol. The molecule has 0 bridgehead atoms. The molecule has 0 aliphatic carbocycles. The largest absolute Gasteiger partial charge is 0.366 e. The van der Waals surface area contributed by atoms with E-state index in [4.69, 9.17) is 5.73 Å². The van der Waals surface area contributed by atoms with E-state index in [1.54, 1.807) is 36.4 Å². The van der Waals surface area contributed by atoms with E-state index in [0.717, 1.165) is 27.8 Å². The first kappa shape index (κ1) is 21.2. The highest BCUT2D eigenvalue weighted by Crippen LogP contribution is 2.27. The van der Waals surface area contributed by atoms with Gasteiger partial charge < -0.3 is 16.0 Å². The van der Waals surface area contributed by atoms with E-state index in [2.05, 4.69) is 15.3 Å². The Morgan fingerprint density at radius 1 is 1.09 bits per heavy atom. The molecule has 2 amide bonds. The van der Waals surface area contributed by atoms with Crippen LogP contribution in [0.2, 0.25) is 0 Å². The van der Waals surface area contributed by atoms with Gasteiger partial charge in [0.15, 0.2) is 0 Å². The molecule has 0 fully saturated rings. The maximum atomic E-state index is 14.1. The van der Waals surface area contributed by atoms with Crippen molar-refractivity contribution in [3.8, 4) is 11.3 Å². The van der Waals surface area contributed by atoms with Gasteiger partial charge in [0.2, 0.25) is 5.91 Å². The number of benzene rings is 2. The van der Waals surface area contributed by atoms with Crippen molar-refractivity contribution in [2.24, 2.45) is 5.73 Å². The predicted molar refractivity (Wildman–Crippen MR) is 122 cm³/mol. The summed E-state index contributed by atoms with van der Waals surface area (Å²) in [6, 6.07) is 13.5. The lowest BCUT2D eigenvalue weighted by atomic mass is 10.0. The van der Waals surface area contributed by atoms with Crippen LogP contribution < -0.4 is 11.1 Å². The number of carbonyl (C=O) groups excluding carboxylic acids is 2. The average molecular weight is 430 g/mol. The Morgan fingerprint density at radius 2 is 1.91 bits per heavy atom. The normalized spacial score (nSPS) is 11.0. The zero-order chi connectivity index (χ0) is 22.8. The second-order valence-electron chi connectivity index (χ2n) is 7.73. The standard InChI is InChI=1S/C25H23FN4O2/c1-14-6-8-20(26)23-22(14)19(15(2)30-23)10-11-28-25(32)18-7-9-21(29-13-18)16-4-3-5-17(12-16)24(27)31/h3-9,12-13,30H,10-11H2,1-2H3,(H2,27,31)(H,28,32). The van der Waals surface area contributed by atoms with Crippen molar-refractivity contribution in [2.45, 2.75) is 20.3 Å². The fourth-order valence-corrected chi connectivity index (χ4v) is 3.89. The van der Waals surface area contributed by atoms with Crippen LogP contribution in [0.4, 0.5) is 4.39 Å². The van der Waals surface area contributed by atoms with Crippen molar-refractivity contribution in [2.75, 3.05) is 6.54 Å². The second-order valence-corrected chi connectivity index (χ2v) is 7.73. The second kappa shape index (κ2) is 8.63. The summed E-state index contributed by atoms with van der Waals surface area (Å²) < 4.78 is 14.1. The lowest BCUT2D eigenvalue weighted by Gasteiger charge is -2.08. The van der Waals surface area contributed by atoms with Crippen molar-refractivity contribution in [1.82, 2.24) is 15.3 Å². The molecule has 0 aliphatic rings. The molecule has 0 atom stereocenters. The Hall–Kier alpha value is -4.00. The molecule has 32 heavy (non-hydrogen) atoms. The number of H-pyrrole nitrogens is 1. The molecule has 2 heterocycles. The third kappa shape index (κ3) is 4.09. The van der Waals surface area contributed by atoms with Crippen LogP contribution >= 0.6 is 0 Å². The Labute approximate surface area is 184 Å². The summed E-state index contributed by atoms with van der Waals surface area (Å²) >= 11 is 0. The minimum Gasteiger partial charge on any atom is -0.366 e. The fraction of sp³-hybridized carbons (Fsp3) is 0.160. The molecule has 4 rings (SSSR count). The molecule has 0 radical (unpaired) electrons. The van der Waals surface area contributed by atoms with E-state index in [-0.39, 0.29) is 11.7 Å². The molecule has 6 nitrogen and oxygen atoms in total. The number of fused-ring (bicyclic) bond motifs is 1. The zero-order valence-electron chi connectivity index (χ0n) is 17.8. The van der Waals surface area contributed by atoms with Crippen molar-refractivity contribution >= 4 is 22.7 Å². The van der Waals surface area contributed by atoms with Gasteiger partial charge in [0, 0.05) is 34.9 Å². The van der Waals surface area contributed by atoms with Crippen LogP contribution in [0.1, 0.15) is 37.5 Å². The lowest BCUT2D eigenvalue weighted by molar-refractivity contribution is 0.0952. The number of rotatable bonds is 6. The summed E-state index contributed by atoms with van der Waals surface area (Å²) in [6.07, 6.45) is 2.07. The van der Waals surface area contributed by atoms with Gasteiger partial charge in [-0.25, -0.2) is 4.39 Å². The summed E-state index contributed by atoms with van der Waals surface area (Å²) in [7, 11) is 0. The van der Waals surface area contributed by atoms with E-state index < -0.39 is 5.91 Å². The number of nitrogens with one attached hydrogen (secondary N) is 2. The predicted octanol–water partition coefficient (Wildman–Crippen LogP) is 4.06. The number of halogens is 1. The van der Waals surface area contributed by atoms with Gasteiger partial charge in [-0.1, -0.05) is 18.2 Å². The third-order valence-corrected chi connectivity index (χ3v) is 5.56. The van der Waals surface area contributed by atoms with E-state index >= 15 is 0 Å². The van der Waals surface area contributed by atoms with Gasteiger partial charge in [0.1, 0.15) is 5.82 Å². The molecule has 0 saturated heterocycles. The highest BCUT2D eigenvalue weighted by molar-refractivity contribution is 5.95. The number of aromatic amines is 1. The Balaban J connectivity index is 1.44. The van der Waals surface area contributed by atoms with Gasteiger partial charge in [-0.05, 0) is 61.7 Å². The molecule has 2 aromatic carbocycles. The van der Waals surface area contributed by atoms with Gasteiger partial charge in [0.05, 0.1) is 16.8 Å². The van der Waals surface area contributed by atoms with Crippen molar-refractivity contribution in [3.63, 3.8) is 0 Å². The van der Waals surface area contributed by atoms with Gasteiger partial charge in [-0.3, -0.25) is 14.6 Å². The van der Waals surface area contributed by atoms with Crippen molar-refractivity contribution in [3.05, 3.63) is 88.5 Å². The zero-order valence-corrected chi connectivity index (χ0v) is 17.8. The SMILES string of the molecule is Cc1[nH]c2c(F)ccc(C)c2c1CCNC(=O)c1ccc(-c2cccc(C(N)=O)c2)nc1. The number of carbonyl (C=O) groups is 2. The highest BCUT2D eigenvalue weighted by Gasteiger charge is 2.14. The third-order valence-electron chi connectivity index (χ3n) is 5.56. The summed E-state index contributed by atoms with van der Waals surface area (Å²) in [5.41, 5.74) is 10.9. The molecule has 162 valence electrons. The van der Waals surface area contributed by atoms with Crippen LogP contribution in [-0.2, 0) is 6.42 Å². The van der Waals surface area contributed by atoms with E-state index in [0.29, 0.717) is 35.3 Å². The van der Waals surface area contributed by atoms with E-state index in [9.17, 15) is 14.0 Å². The molecule has 2 aromatic heterocycles. The van der Waals surface area contributed by atoms with E-state index in [1.165, 1.54) is 12.3 Å². The quantitative estimate of drug-likeness (QED) is 0.430. The number of hydrogen-bond acceptors (Lipinski definition) is 3. The van der Waals surface area contributed by atoms with Gasteiger partial charge >= 0.3 is 0 Å². The fourth-order valence-electron chi connectivity index (χ4n) is 3.89. The van der Waals surface area contributed by atoms with E-state index in [1.807, 2.05) is 19.9 Å². The minimum atomic E-state index is -0.508. The summed E-state index contributed by atoms with van der Waals surface area (Å²) in [5.74, 6) is -1.03. The molecule has 4 N–H and O–H groups in total. The maximum absolute atomic E-state index is 14.1. The monoisotopic (exact) mass is 430 g/mol. The topological polar surface area (TPSA) is 101 Å². The minimum absolute atomic E-state index is 0.240. The Bertz CT molecular complexity index is 1330. The number of nitrogens with zero attached hydrogens (tertiary/aromatic N) is 1. The lowest BCUT2D eigenvalue weighted by Crippen LogP contribution is -2.25. The number of aryl methyl sites for hydroxylation is 2. The number of primary amides is 1. The number of hydrogen-bond donors (Lipinski definition) is 3. The van der Waals surface area contributed by atoms with Gasteiger partial charge in [0.25, 0.3) is 5.91 Å². The molecular formula is C25H23FN4O2. The molecule has 0 saturated carbocycles. The van der Waals surface area contributed by atoms with Gasteiger partial charge in [-0.2, -0.15) is 0 Å². The Morgan fingerprint density at radius 3 is 2.62 bits per heavy atom. The number of aromatic nitrogens is 2. The summed E-state index contributed by atoms with van der Waals surface area (Å²) in [5, 5.41) is 3.77. The maximum Gasteiger partial charge on any atom is 0.252 e. The van der Waals surface area contributed by atoms with Crippen LogP contribution in [0.3, 0.4) is 0 Å². The van der Waals surface area contributed by atoms with Crippen LogP contribution in [0, 0.1) is 19.7 Å². The average Bonchev–Trinajstić information content (AvgIpc) is 3.14. The molecule has 4 aromatic rings. The van der Waals surface area contributed by atoms with Crippen molar-refractivity contribution in [1.29, 1.82) is 0 Å². The van der Waals surface area contributed by atoms with Crippen LogP contribution in [0.25, 0.3) is 22.2 Å².